The van der Waals surface area contributed by atoms with Crippen molar-refractivity contribution in [2.45, 2.75) is 12.8 Å². The Morgan fingerprint density at radius 3 is 2.16 bits per heavy atom. The molecule has 0 saturated heterocycles. The van der Waals surface area contributed by atoms with Crippen LogP contribution in [0.3, 0.4) is 0 Å². The Balaban J connectivity index is 0.00000341. The molecule has 31 heavy (non-hydrogen) atoms. The van der Waals surface area contributed by atoms with Crippen molar-refractivity contribution in [3.8, 4) is 11.5 Å². The van der Waals surface area contributed by atoms with E-state index in [0.717, 1.165) is 0 Å². The van der Waals surface area contributed by atoms with E-state index in [-0.39, 0.29) is 48.2 Å². The van der Waals surface area contributed by atoms with Crippen LogP contribution < -0.4 is 44.7 Å². The maximum absolute atomic E-state index is 12.5. The summed E-state index contributed by atoms with van der Waals surface area (Å²) in [4.78, 5) is 35.0. The van der Waals surface area contributed by atoms with Crippen molar-refractivity contribution in [3.63, 3.8) is 0 Å². The van der Waals surface area contributed by atoms with Crippen LogP contribution in [0.2, 0.25) is 5.02 Å². The Morgan fingerprint density at radius 2 is 1.52 bits per heavy atom. The summed E-state index contributed by atoms with van der Waals surface area (Å²) in [6, 6.07) is 20.2. The zero-order chi connectivity index (χ0) is 21.5. The molecular weight excluding hydrogens is 429 g/mol. The molecule has 0 heterocycles. The predicted octanol–water partition coefficient (Wildman–Crippen LogP) is 0.836. The van der Waals surface area contributed by atoms with Crippen LogP contribution in [0.5, 0.6) is 11.5 Å². The number of ketones is 1. The van der Waals surface area contributed by atoms with Gasteiger partial charge in [0.1, 0.15) is 5.75 Å². The zero-order valence-corrected chi connectivity index (χ0v) is 19.5. The van der Waals surface area contributed by atoms with Crippen LogP contribution in [-0.2, 0) is 9.59 Å². The molecule has 152 valence electrons. The summed E-state index contributed by atoms with van der Waals surface area (Å²) in [6.07, 6.45) is -0.621. The minimum absolute atomic E-state index is 0. The summed E-state index contributed by atoms with van der Waals surface area (Å²) in [6.45, 7) is 0. The molecule has 8 heteroatoms. The molecule has 0 aromatic heterocycles. The first-order valence-corrected chi connectivity index (χ1v) is 9.47. The van der Waals surface area contributed by atoms with Gasteiger partial charge in [-0.15, -0.1) is 0 Å². The van der Waals surface area contributed by atoms with E-state index in [2.05, 4.69) is 5.32 Å². The van der Waals surface area contributed by atoms with Gasteiger partial charge in [-0.2, -0.15) is 0 Å². The molecule has 0 radical (unpaired) electrons. The smallest absolute Gasteiger partial charge is 0.550 e. The van der Waals surface area contributed by atoms with Gasteiger partial charge in [-0.05, 0) is 48.9 Å². The first kappa shape index (κ1) is 24.6. The SMILES string of the molecule is O=C([O-])CCC(=O)Nc1cc(Cl)ccc1Oc1ccc(C(=O)c2ccccc2)cc1.[Na+]. The molecule has 0 unspecified atom stereocenters. The molecule has 0 atom stereocenters. The van der Waals surface area contributed by atoms with Gasteiger partial charge in [0, 0.05) is 28.5 Å². The number of rotatable bonds is 8. The molecule has 3 rings (SSSR count). The number of carboxylic acids is 1. The minimum atomic E-state index is -1.31. The molecule has 0 fully saturated rings. The van der Waals surface area contributed by atoms with Crippen molar-refractivity contribution in [3.05, 3.63) is 88.9 Å². The maximum atomic E-state index is 12.5. The number of nitrogens with one attached hydrogen (secondary N) is 1. The van der Waals surface area contributed by atoms with Crippen LogP contribution >= 0.6 is 11.6 Å². The van der Waals surface area contributed by atoms with Gasteiger partial charge in [-0.1, -0.05) is 41.9 Å². The molecule has 3 aromatic rings. The number of carbonyl (C=O) groups is 3. The van der Waals surface area contributed by atoms with E-state index >= 15 is 0 Å². The second kappa shape index (κ2) is 11.7. The van der Waals surface area contributed by atoms with Gasteiger partial charge in [0.05, 0.1) is 5.69 Å². The van der Waals surface area contributed by atoms with Gasteiger partial charge in [-0.3, -0.25) is 9.59 Å². The number of anilines is 1. The summed E-state index contributed by atoms with van der Waals surface area (Å²) >= 11 is 6.00. The first-order chi connectivity index (χ1) is 14.4. The Bertz CT molecular complexity index is 1070. The molecule has 0 aliphatic carbocycles. The predicted molar refractivity (Wildman–Crippen MR) is 111 cm³/mol. The minimum Gasteiger partial charge on any atom is -0.550 e. The third kappa shape index (κ3) is 7.22. The number of ether oxygens (including phenoxy) is 1. The standard InChI is InChI=1S/C23H18ClNO5.Na/c24-17-8-11-20(19(14-17)25-21(26)12-13-22(27)28)30-18-9-6-16(7-10-18)23(29)15-4-2-1-3-5-15;/h1-11,14H,12-13H2,(H,25,26)(H,27,28);/q;+1/p-1. The largest absolute Gasteiger partial charge is 1.00 e. The molecule has 0 aliphatic rings. The third-order valence-electron chi connectivity index (χ3n) is 4.15. The van der Waals surface area contributed by atoms with Crippen molar-refractivity contribution in [1.82, 2.24) is 0 Å². The van der Waals surface area contributed by atoms with Gasteiger partial charge < -0.3 is 20.0 Å². The average molecular weight is 446 g/mol. The van der Waals surface area contributed by atoms with Crippen molar-refractivity contribution in [2.24, 2.45) is 0 Å². The fourth-order valence-electron chi connectivity index (χ4n) is 2.67. The van der Waals surface area contributed by atoms with Crippen molar-refractivity contribution in [1.29, 1.82) is 0 Å². The number of benzene rings is 3. The van der Waals surface area contributed by atoms with Crippen LogP contribution in [0.1, 0.15) is 28.8 Å². The Labute approximate surface area is 206 Å². The number of carboxylic acid groups (broad SMARTS) is 1. The molecule has 1 N–H and O–H groups in total. The molecule has 6 nitrogen and oxygen atoms in total. The Morgan fingerprint density at radius 1 is 0.871 bits per heavy atom. The van der Waals surface area contributed by atoms with Gasteiger partial charge in [0.25, 0.3) is 0 Å². The van der Waals surface area contributed by atoms with Gasteiger partial charge in [-0.25, -0.2) is 0 Å². The number of amides is 1. The second-order valence-electron chi connectivity index (χ2n) is 6.38. The number of hydrogen-bond acceptors (Lipinski definition) is 5. The van der Waals surface area contributed by atoms with E-state index in [1.54, 1.807) is 60.7 Å². The van der Waals surface area contributed by atoms with E-state index in [0.29, 0.717) is 33.3 Å². The topological polar surface area (TPSA) is 95.5 Å². The molecular formula is C23H17ClNNaO5. The van der Waals surface area contributed by atoms with E-state index in [9.17, 15) is 19.5 Å². The quantitative estimate of drug-likeness (QED) is 0.409. The fourth-order valence-corrected chi connectivity index (χ4v) is 2.85. The zero-order valence-electron chi connectivity index (χ0n) is 16.8. The van der Waals surface area contributed by atoms with E-state index in [1.807, 2.05) is 6.07 Å². The summed E-state index contributed by atoms with van der Waals surface area (Å²) < 4.78 is 5.82. The summed E-state index contributed by atoms with van der Waals surface area (Å²) in [7, 11) is 0. The number of carbonyl (C=O) groups excluding carboxylic acids is 3. The van der Waals surface area contributed by atoms with Crippen molar-refractivity contribution >= 4 is 34.9 Å². The average Bonchev–Trinajstić information content (AvgIpc) is 2.75. The number of aliphatic carboxylic acids is 1. The normalized spacial score (nSPS) is 9.97. The van der Waals surface area contributed by atoms with Crippen LogP contribution in [0.25, 0.3) is 0 Å². The van der Waals surface area contributed by atoms with Crippen LogP contribution in [0.15, 0.2) is 72.8 Å². The number of halogens is 1. The summed E-state index contributed by atoms with van der Waals surface area (Å²) in [5.74, 6) is -1.14. The molecule has 0 spiro atoms. The number of hydrogen-bond donors (Lipinski definition) is 1. The monoisotopic (exact) mass is 445 g/mol. The molecule has 0 aliphatic heterocycles. The van der Waals surface area contributed by atoms with Gasteiger partial charge >= 0.3 is 29.6 Å². The Hall–Kier alpha value is -2.64. The molecule has 3 aromatic carbocycles. The molecule has 0 saturated carbocycles. The maximum Gasteiger partial charge on any atom is 1.00 e. The van der Waals surface area contributed by atoms with Crippen LogP contribution in [0.4, 0.5) is 5.69 Å². The first-order valence-electron chi connectivity index (χ1n) is 9.09. The van der Waals surface area contributed by atoms with Crippen molar-refractivity contribution in [2.75, 3.05) is 5.32 Å². The van der Waals surface area contributed by atoms with E-state index in [4.69, 9.17) is 16.3 Å². The summed E-state index contributed by atoms with van der Waals surface area (Å²) in [5, 5.41) is 13.5. The Kier molecular flexibility index (Phi) is 9.27. The van der Waals surface area contributed by atoms with E-state index in [1.165, 1.54) is 6.07 Å². The second-order valence-corrected chi connectivity index (χ2v) is 6.82. The molecule has 0 bridgehead atoms. The third-order valence-corrected chi connectivity index (χ3v) is 4.39. The van der Waals surface area contributed by atoms with Crippen molar-refractivity contribution < 1.29 is 53.8 Å². The van der Waals surface area contributed by atoms with Gasteiger partial charge in [0.15, 0.2) is 11.5 Å². The van der Waals surface area contributed by atoms with Crippen LogP contribution in [0, 0.1) is 0 Å². The summed E-state index contributed by atoms with van der Waals surface area (Å²) in [5.41, 5.74) is 1.40. The van der Waals surface area contributed by atoms with Gasteiger partial charge in [0.2, 0.25) is 5.91 Å². The molecule has 1 amide bonds. The fraction of sp³-hybridized carbons (Fsp3) is 0.0870. The van der Waals surface area contributed by atoms with E-state index < -0.39 is 11.9 Å². The van der Waals surface area contributed by atoms with Crippen LogP contribution in [-0.4, -0.2) is 17.7 Å².